The summed E-state index contributed by atoms with van der Waals surface area (Å²) in [6.07, 6.45) is 1.02. The van der Waals surface area contributed by atoms with Crippen LogP contribution < -0.4 is 14.8 Å². The molecule has 1 saturated carbocycles. The Morgan fingerprint density at radius 1 is 1.26 bits per heavy atom. The highest BCUT2D eigenvalue weighted by Gasteiger charge is 2.45. The third-order valence-corrected chi connectivity index (χ3v) is 4.59. The van der Waals surface area contributed by atoms with E-state index in [0.29, 0.717) is 42.9 Å². The van der Waals surface area contributed by atoms with Crippen LogP contribution in [0, 0.1) is 5.92 Å². The number of halogens is 3. The van der Waals surface area contributed by atoms with E-state index in [4.69, 9.17) is 9.47 Å². The second-order valence-electron chi connectivity index (χ2n) is 6.64. The molecular weight excluding hydrogens is 359 g/mol. The van der Waals surface area contributed by atoms with Gasteiger partial charge in [0.1, 0.15) is 0 Å². The first kappa shape index (κ1) is 21.1. The Labute approximate surface area is 157 Å². The summed E-state index contributed by atoms with van der Waals surface area (Å²) < 4.78 is 50.2. The van der Waals surface area contributed by atoms with Crippen molar-refractivity contribution in [3.05, 3.63) is 29.8 Å². The smallest absolute Gasteiger partial charge is 0.393 e. The Bertz CT molecular complexity index is 658. The number of ether oxygens (including phenoxy) is 2. The van der Waals surface area contributed by atoms with E-state index in [2.05, 4.69) is 5.32 Å². The van der Waals surface area contributed by atoms with Gasteiger partial charge in [-0.05, 0) is 43.0 Å². The average Bonchev–Trinajstić information content (AvgIpc) is 2.64. The molecule has 1 aliphatic carbocycles. The number of hydrogen-bond donors (Lipinski definition) is 1. The minimum absolute atomic E-state index is 0.0641. The van der Waals surface area contributed by atoms with Crippen molar-refractivity contribution in [1.82, 2.24) is 5.32 Å². The Kier molecular flexibility index (Phi) is 7.56. The van der Waals surface area contributed by atoms with Gasteiger partial charge in [-0.3, -0.25) is 4.79 Å². The van der Waals surface area contributed by atoms with Crippen LogP contribution in [0.25, 0.3) is 6.08 Å². The van der Waals surface area contributed by atoms with Crippen molar-refractivity contribution >= 4 is 12.0 Å². The monoisotopic (exact) mass is 385 g/mol. The van der Waals surface area contributed by atoms with Crippen LogP contribution in [0.3, 0.4) is 0 Å². The molecule has 0 aliphatic heterocycles. The fraction of sp³-hybridized carbons (Fsp3) is 0.550. The Morgan fingerprint density at radius 2 is 2.00 bits per heavy atom. The highest BCUT2D eigenvalue weighted by Crippen LogP contribution is 2.37. The Balaban J connectivity index is 2.01. The van der Waals surface area contributed by atoms with Gasteiger partial charge in [-0.25, -0.2) is 0 Å². The molecule has 27 heavy (non-hydrogen) atoms. The Hall–Kier alpha value is -2.18. The van der Waals surface area contributed by atoms with Crippen LogP contribution in [-0.4, -0.2) is 31.8 Å². The molecule has 0 bridgehead atoms. The van der Waals surface area contributed by atoms with Gasteiger partial charge in [-0.1, -0.05) is 25.8 Å². The maximum absolute atomic E-state index is 13.1. The Morgan fingerprint density at radius 3 is 2.67 bits per heavy atom. The fourth-order valence-electron chi connectivity index (χ4n) is 3.22. The number of amides is 1. The van der Waals surface area contributed by atoms with Crippen LogP contribution in [0.15, 0.2) is 24.3 Å². The summed E-state index contributed by atoms with van der Waals surface area (Å²) in [4.78, 5) is 12.1. The fourth-order valence-corrected chi connectivity index (χ4v) is 3.22. The van der Waals surface area contributed by atoms with Gasteiger partial charge in [0, 0.05) is 12.1 Å². The minimum atomic E-state index is -4.29. The van der Waals surface area contributed by atoms with E-state index in [-0.39, 0.29) is 6.42 Å². The van der Waals surface area contributed by atoms with Gasteiger partial charge in [0.05, 0.1) is 19.6 Å². The van der Waals surface area contributed by atoms with E-state index in [1.54, 1.807) is 24.3 Å². The SMILES string of the molecule is CCCOc1ccc(/C=C/C(=O)NC2CCCCC2C(F)(F)F)cc1OC. The third-order valence-electron chi connectivity index (χ3n) is 4.59. The van der Waals surface area contributed by atoms with E-state index in [0.717, 1.165) is 6.42 Å². The molecule has 1 aliphatic rings. The largest absolute Gasteiger partial charge is 0.493 e. The van der Waals surface area contributed by atoms with E-state index >= 15 is 0 Å². The number of hydrogen-bond acceptors (Lipinski definition) is 3. The third kappa shape index (κ3) is 6.19. The topological polar surface area (TPSA) is 47.6 Å². The first-order valence-electron chi connectivity index (χ1n) is 9.21. The molecule has 0 heterocycles. The van der Waals surface area contributed by atoms with Gasteiger partial charge in [-0.15, -0.1) is 0 Å². The molecule has 1 aromatic rings. The molecule has 1 fully saturated rings. The molecule has 2 atom stereocenters. The van der Waals surface area contributed by atoms with E-state index < -0.39 is 24.0 Å². The molecule has 1 N–H and O–H groups in total. The standard InChI is InChI=1S/C20H26F3NO3/c1-3-12-27-17-10-8-14(13-18(17)26-2)9-11-19(25)24-16-7-5-4-6-15(16)20(21,22)23/h8-11,13,15-16H,3-7,12H2,1-2H3,(H,24,25)/b11-9+. The average molecular weight is 385 g/mol. The van der Waals surface area contributed by atoms with Crippen LogP contribution in [0.2, 0.25) is 0 Å². The van der Waals surface area contributed by atoms with Gasteiger partial charge in [0.15, 0.2) is 11.5 Å². The maximum Gasteiger partial charge on any atom is 0.393 e. The van der Waals surface area contributed by atoms with Crippen molar-refractivity contribution in [1.29, 1.82) is 0 Å². The van der Waals surface area contributed by atoms with Crippen LogP contribution in [0.1, 0.15) is 44.6 Å². The first-order chi connectivity index (χ1) is 12.8. The molecule has 0 saturated heterocycles. The zero-order valence-corrected chi connectivity index (χ0v) is 15.6. The molecular formula is C20H26F3NO3. The number of benzene rings is 1. The van der Waals surface area contributed by atoms with Crippen LogP contribution >= 0.6 is 0 Å². The van der Waals surface area contributed by atoms with Crippen molar-refractivity contribution in [3.63, 3.8) is 0 Å². The lowest BCUT2D eigenvalue weighted by molar-refractivity contribution is -0.188. The summed E-state index contributed by atoms with van der Waals surface area (Å²) >= 11 is 0. The summed E-state index contributed by atoms with van der Waals surface area (Å²) in [5, 5.41) is 2.51. The lowest BCUT2D eigenvalue weighted by Gasteiger charge is -2.33. The van der Waals surface area contributed by atoms with Crippen molar-refractivity contribution in [3.8, 4) is 11.5 Å². The molecule has 7 heteroatoms. The number of nitrogens with one attached hydrogen (secondary N) is 1. The quantitative estimate of drug-likeness (QED) is 0.690. The van der Waals surface area contributed by atoms with Gasteiger partial charge >= 0.3 is 6.18 Å². The maximum atomic E-state index is 13.1. The summed E-state index contributed by atoms with van der Waals surface area (Å²) in [6, 6.07) is 4.35. The van der Waals surface area contributed by atoms with E-state index in [1.165, 1.54) is 13.2 Å². The first-order valence-corrected chi connectivity index (χ1v) is 9.21. The molecule has 150 valence electrons. The number of methoxy groups -OCH3 is 1. The van der Waals surface area contributed by atoms with Crippen molar-refractivity contribution in [2.24, 2.45) is 5.92 Å². The number of carbonyl (C=O) groups excluding carboxylic acids is 1. The summed E-state index contributed by atoms with van der Waals surface area (Å²) in [5.74, 6) is -0.855. The second-order valence-corrected chi connectivity index (χ2v) is 6.64. The number of alkyl halides is 3. The molecule has 4 nitrogen and oxygen atoms in total. The predicted molar refractivity (Wildman–Crippen MR) is 97.8 cm³/mol. The van der Waals surface area contributed by atoms with E-state index in [1.807, 2.05) is 6.92 Å². The zero-order valence-electron chi connectivity index (χ0n) is 15.6. The highest BCUT2D eigenvalue weighted by atomic mass is 19.4. The molecule has 2 rings (SSSR count). The van der Waals surface area contributed by atoms with E-state index in [9.17, 15) is 18.0 Å². The molecule has 0 aromatic heterocycles. The summed E-state index contributed by atoms with van der Waals surface area (Å²) in [5.41, 5.74) is 0.696. The zero-order chi connectivity index (χ0) is 19.9. The number of rotatable bonds is 7. The second kappa shape index (κ2) is 9.67. The van der Waals surface area contributed by atoms with Gasteiger partial charge in [0.25, 0.3) is 0 Å². The van der Waals surface area contributed by atoms with Crippen molar-refractivity contribution in [2.75, 3.05) is 13.7 Å². The highest BCUT2D eigenvalue weighted by molar-refractivity contribution is 5.92. The molecule has 1 amide bonds. The molecule has 0 spiro atoms. The summed E-state index contributed by atoms with van der Waals surface area (Å²) in [6.45, 7) is 2.56. The number of carbonyl (C=O) groups is 1. The van der Waals surface area contributed by atoms with Gasteiger partial charge < -0.3 is 14.8 Å². The molecule has 2 unspecified atom stereocenters. The van der Waals surface area contributed by atoms with Crippen molar-refractivity contribution in [2.45, 2.75) is 51.2 Å². The lowest BCUT2D eigenvalue weighted by atomic mass is 9.84. The lowest BCUT2D eigenvalue weighted by Crippen LogP contribution is -2.47. The van der Waals surface area contributed by atoms with Gasteiger partial charge in [0.2, 0.25) is 5.91 Å². The van der Waals surface area contributed by atoms with Crippen LogP contribution in [0.5, 0.6) is 11.5 Å². The van der Waals surface area contributed by atoms with Crippen LogP contribution in [0.4, 0.5) is 13.2 Å². The molecule has 0 radical (unpaired) electrons. The van der Waals surface area contributed by atoms with Crippen LogP contribution in [-0.2, 0) is 4.79 Å². The van der Waals surface area contributed by atoms with Gasteiger partial charge in [-0.2, -0.15) is 13.2 Å². The molecule has 1 aromatic carbocycles. The minimum Gasteiger partial charge on any atom is -0.493 e. The predicted octanol–water partition coefficient (Wildman–Crippen LogP) is 4.73. The van der Waals surface area contributed by atoms with Crippen molar-refractivity contribution < 1.29 is 27.4 Å². The normalized spacial score (nSPS) is 20.5. The summed E-state index contributed by atoms with van der Waals surface area (Å²) in [7, 11) is 1.52.